The number of rotatable bonds is 10. The highest BCUT2D eigenvalue weighted by molar-refractivity contribution is 5.98. The fourth-order valence-corrected chi connectivity index (χ4v) is 3.62. The molecule has 1 heterocycles. The maximum Gasteiger partial charge on any atom is 0.257 e. The van der Waals surface area contributed by atoms with Gasteiger partial charge in [0.15, 0.2) is 0 Å². The molecule has 184 valence electrons. The van der Waals surface area contributed by atoms with Crippen molar-refractivity contribution in [2.75, 3.05) is 39.5 Å². The molecule has 0 unspecified atom stereocenters. The van der Waals surface area contributed by atoms with Crippen LogP contribution in [0, 0.1) is 17.6 Å². The summed E-state index contributed by atoms with van der Waals surface area (Å²) >= 11 is 0. The van der Waals surface area contributed by atoms with Crippen LogP contribution in [0.2, 0.25) is 0 Å². The minimum atomic E-state index is -0.981. The Morgan fingerprint density at radius 3 is 2.44 bits per heavy atom. The van der Waals surface area contributed by atoms with Gasteiger partial charge in [-0.3, -0.25) is 14.5 Å². The molecule has 0 saturated carbocycles. The molecule has 34 heavy (non-hydrogen) atoms. The van der Waals surface area contributed by atoms with E-state index >= 15 is 0 Å². The van der Waals surface area contributed by atoms with E-state index in [9.17, 15) is 18.4 Å². The molecule has 0 bridgehead atoms. The van der Waals surface area contributed by atoms with Crippen molar-refractivity contribution in [1.29, 1.82) is 0 Å². The van der Waals surface area contributed by atoms with Gasteiger partial charge in [-0.2, -0.15) is 0 Å². The van der Waals surface area contributed by atoms with E-state index in [2.05, 4.69) is 15.5 Å². The van der Waals surface area contributed by atoms with Crippen LogP contribution in [0.15, 0.2) is 42.5 Å². The van der Waals surface area contributed by atoms with Gasteiger partial charge < -0.3 is 20.1 Å². The fraction of sp³-hybridized carbons (Fsp3) is 0.440. The quantitative estimate of drug-likeness (QED) is 0.553. The number of benzene rings is 2. The Morgan fingerprint density at radius 1 is 1.09 bits per heavy atom. The lowest BCUT2D eigenvalue weighted by Crippen LogP contribution is -2.49. The standard InChI is InChI=1S/C25H31F2N3O4/c1-17(2)23(29-24(31)22-20(26)7-4-8-21(22)27)25(32)28-16-18-5-3-6-19(15-18)34-14-11-30-9-12-33-13-10-30/h3-8,15,17,23H,9-14,16H2,1-2H3,(H,28,32)(H,29,31)/t23-/m0/s1. The van der Waals surface area contributed by atoms with E-state index < -0.39 is 35.1 Å². The zero-order valence-corrected chi connectivity index (χ0v) is 19.5. The van der Waals surface area contributed by atoms with Crippen LogP contribution in [0.4, 0.5) is 8.78 Å². The predicted molar refractivity (Wildman–Crippen MR) is 123 cm³/mol. The summed E-state index contributed by atoms with van der Waals surface area (Å²) in [6.45, 7) is 8.32. The lowest BCUT2D eigenvalue weighted by Gasteiger charge is -2.26. The molecule has 1 saturated heterocycles. The Morgan fingerprint density at radius 2 is 1.76 bits per heavy atom. The average molecular weight is 476 g/mol. The highest BCUT2D eigenvalue weighted by atomic mass is 19.1. The van der Waals surface area contributed by atoms with Gasteiger partial charge in [0.1, 0.15) is 35.6 Å². The Kier molecular flexibility index (Phi) is 9.35. The monoisotopic (exact) mass is 475 g/mol. The molecule has 1 aliphatic rings. The van der Waals surface area contributed by atoms with E-state index in [0.29, 0.717) is 12.4 Å². The van der Waals surface area contributed by atoms with Crippen molar-refractivity contribution in [3.05, 3.63) is 65.2 Å². The number of amides is 2. The van der Waals surface area contributed by atoms with Crippen molar-refractivity contribution < 1.29 is 27.8 Å². The van der Waals surface area contributed by atoms with Crippen LogP contribution in [0.5, 0.6) is 5.75 Å². The Labute approximate surface area is 198 Å². The van der Waals surface area contributed by atoms with Crippen LogP contribution in [-0.2, 0) is 16.1 Å². The van der Waals surface area contributed by atoms with Crippen molar-refractivity contribution in [3.8, 4) is 5.75 Å². The number of carbonyl (C=O) groups is 2. The maximum absolute atomic E-state index is 13.9. The Hall–Kier alpha value is -3.04. The number of morpholine rings is 1. The first kappa shape index (κ1) is 25.6. The third-order valence-electron chi connectivity index (χ3n) is 5.57. The highest BCUT2D eigenvalue weighted by Crippen LogP contribution is 2.15. The number of nitrogens with one attached hydrogen (secondary N) is 2. The van der Waals surface area contributed by atoms with E-state index in [0.717, 1.165) is 50.5 Å². The molecule has 0 radical (unpaired) electrons. The molecule has 2 N–H and O–H groups in total. The first-order valence-electron chi connectivity index (χ1n) is 11.4. The minimum absolute atomic E-state index is 0.215. The van der Waals surface area contributed by atoms with Crippen LogP contribution < -0.4 is 15.4 Å². The van der Waals surface area contributed by atoms with Gasteiger partial charge in [0.05, 0.1) is 13.2 Å². The van der Waals surface area contributed by atoms with Crippen LogP contribution in [0.3, 0.4) is 0 Å². The van der Waals surface area contributed by atoms with Crippen molar-refractivity contribution in [2.24, 2.45) is 5.92 Å². The molecule has 2 aromatic carbocycles. The summed E-state index contributed by atoms with van der Waals surface area (Å²) in [6, 6.07) is 9.61. The maximum atomic E-state index is 13.9. The van der Waals surface area contributed by atoms with E-state index in [1.807, 2.05) is 24.3 Å². The van der Waals surface area contributed by atoms with E-state index in [4.69, 9.17) is 9.47 Å². The van der Waals surface area contributed by atoms with Crippen molar-refractivity contribution in [1.82, 2.24) is 15.5 Å². The largest absolute Gasteiger partial charge is 0.492 e. The molecule has 3 rings (SSSR count). The fourth-order valence-electron chi connectivity index (χ4n) is 3.62. The smallest absolute Gasteiger partial charge is 0.257 e. The lowest BCUT2D eigenvalue weighted by atomic mass is 10.0. The predicted octanol–water partition coefficient (Wildman–Crippen LogP) is 2.75. The first-order chi connectivity index (χ1) is 16.3. The van der Waals surface area contributed by atoms with Crippen molar-refractivity contribution in [3.63, 3.8) is 0 Å². The molecule has 1 fully saturated rings. The van der Waals surface area contributed by atoms with Crippen molar-refractivity contribution in [2.45, 2.75) is 26.4 Å². The third-order valence-corrected chi connectivity index (χ3v) is 5.57. The molecule has 0 aliphatic carbocycles. The Balaban J connectivity index is 1.53. The number of hydrogen-bond donors (Lipinski definition) is 2. The molecule has 2 aromatic rings. The van der Waals surface area contributed by atoms with Crippen LogP contribution in [0.25, 0.3) is 0 Å². The molecule has 0 aromatic heterocycles. The van der Waals surface area contributed by atoms with Crippen LogP contribution in [-0.4, -0.2) is 62.2 Å². The second-order valence-electron chi connectivity index (χ2n) is 8.46. The lowest BCUT2D eigenvalue weighted by molar-refractivity contribution is -0.124. The molecule has 9 heteroatoms. The second-order valence-corrected chi connectivity index (χ2v) is 8.46. The van der Waals surface area contributed by atoms with E-state index in [-0.39, 0.29) is 12.5 Å². The number of ether oxygens (including phenoxy) is 2. The molecule has 1 aliphatic heterocycles. The summed E-state index contributed by atoms with van der Waals surface area (Å²) < 4.78 is 39.0. The summed E-state index contributed by atoms with van der Waals surface area (Å²) in [4.78, 5) is 27.5. The SMILES string of the molecule is CC(C)[C@H](NC(=O)c1c(F)cccc1F)C(=O)NCc1cccc(OCCN2CCOCC2)c1. The van der Waals surface area contributed by atoms with Gasteiger partial charge in [-0.25, -0.2) is 8.78 Å². The molecule has 1 atom stereocenters. The number of nitrogens with zero attached hydrogens (tertiary/aromatic N) is 1. The van der Waals surface area contributed by atoms with Gasteiger partial charge in [0.2, 0.25) is 5.91 Å². The minimum Gasteiger partial charge on any atom is -0.492 e. The molecule has 0 spiro atoms. The molecular weight excluding hydrogens is 444 g/mol. The van der Waals surface area contributed by atoms with E-state index in [1.54, 1.807) is 13.8 Å². The summed E-state index contributed by atoms with van der Waals surface area (Å²) in [5.41, 5.74) is 0.120. The summed E-state index contributed by atoms with van der Waals surface area (Å²) in [7, 11) is 0. The summed E-state index contributed by atoms with van der Waals surface area (Å²) in [6.07, 6.45) is 0. The van der Waals surface area contributed by atoms with Crippen molar-refractivity contribution >= 4 is 11.8 Å². The van der Waals surface area contributed by atoms with Gasteiger partial charge in [0.25, 0.3) is 5.91 Å². The van der Waals surface area contributed by atoms with Gasteiger partial charge in [-0.15, -0.1) is 0 Å². The van der Waals surface area contributed by atoms with Gasteiger partial charge >= 0.3 is 0 Å². The van der Waals surface area contributed by atoms with Gasteiger partial charge in [-0.1, -0.05) is 32.0 Å². The zero-order valence-electron chi connectivity index (χ0n) is 19.5. The van der Waals surface area contributed by atoms with Crippen LogP contribution in [0.1, 0.15) is 29.8 Å². The first-order valence-corrected chi connectivity index (χ1v) is 11.4. The van der Waals surface area contributed by atoms with Crippen LogP contribution >= 0.6 is 0 Å². The summed E-state index contributed by atoms with van der Waals surface area (Å²) in [5.74, 6) is -2.98. The zero-order chi connectivity index (χ0) is 24.5. The number of hydrogen-bond acceptors (Lipinski definition) is 5. The Bertz CT molecular complexity index is 960. The van der Waals surface area contributed by atoms with E-state index in [1.165, 1.54) is 6.07 Å². The van der Waals surface area contributed by atoms with Gasteiger partial charge in [-0.05, 0) is 35.7 Å². The topological polar surface area (TPSA) is 79.9 Å². The van der Waals surface area contributed by atoms with Gasteiger partial charge in [0, 0.05) is 26.2 Å². The number of halogens is 2. The second kappa shape index (κ2) is 12.4. The summed E-state index contributed by atoms with van der Waals surface area (Å²) in [5, 5.41) is 5.23. The highest BCUT2D eigenvalue weighted by Gasteiger charge is 2.27. The molecule has 7 nitrogen and oxygen atoms in total. The normalized spacial score (nSPS) is 15.1. The number of carbonyl (C=O) groups excluding carboxylic acids is 2. The molecule has 2 amide bonds. The molecular formula is C25H31F2N3O4. The third kappa shape index (κ3) is 7.23. The average Bonchev–Trinajstić information content (AvgIpc) is 2.82.